The van der Waals surface area contributed by atoms with Gasteiger partial charge in [-0.05, 0) is 70.2 Å². The fourth-order valence-electron chi connectivity index (χ4n) is 7.58. The maximum atomic E-state index is 5.84. The van der Waals surface area contributed by atoms with E-state index < -0.39 is 22.3 Å². The molecule has 56 heavy (non-hydrogen) atoms. The molecule has 0 bridgehead atoms. The van der Waals surface area contributed by atoms with Gasteiger partial charge < -0.3 is 0 Å². The van der Waals surface area contributed by atoms with Crippen molar-refractivity contribution in [3.8, 4) is 11.1 Å². The standard InChI is InChI=1S/C27H29.C10H15.2C7H5Cl.2ClH.Zr/c1-16-7-9-26(3,4)24-12-18-11-19-13-25-21(17(2)8-10-27(25,5)6)15-23(19)22(18)14-20(16)24;1-8-5-6-9(7-8)10(2,3)4;2*1-6-2-4-7(8)5-3-6;;;/h7-9,12-15H,10-11H2,1-6H3;6-8H,1-4H3;2*1-5H;2*1H;/q2*-1;;;;;. The van der Waals surface area contributed by atoms with Crippen molar-refractivity contribution < 1.29 is 22.3 Å². The van der Waals surface area contributed by atoms with Crippen molar-refractivity contribution in [1.82, 2.24) is 0 Å². The summed E-state index contributed by atoms with van der Waals surface area (Å²) < 4.78 is 4.66. The number of allylic oxidation sites excluding steroid dienone is 8. The molecule has 0 aliphatic heterocycles. The van der Waals surface area contributed by atoms with Crippen LogP contribution in [0.1, 0.15) is 120 Å². The molecule has 0 heterocycles. The van der Waals surface area contributed by atoms with Gasteiger partial charge in [-0.1, -0.05) is 102 Å². The first-order valence-electron chi connectivity index (χ1n) is 19.2. The monoisotopic (exact) mass is 898 g/mol. The zero-order valence-corrected chi connectivity index (χ0v) is 40.1. The van der Waals surface area contributed by atoms with Gasteiger partial charge in [0.25, 0.3) is 0 Å². The zero-order valence-electron chi connectivity index (χ0n) is 34.5. The van der Waals surface area contributed by atoms with Crippen molar-refractivity contribution in [2.45, 2.75) is 92.9 Å². The molecule has 0 saturated carbocycles. The second kappa shape index (κ2) is 18.6. The second-order valence-electron chi connectivity index (χ2n) is 17.5. The third kappa shape index (κ3) is 10.8. The fourth-order valence-corrected chi connectivity index (χ4v) is 9.93. The first kappa shape index (κ1) is 46.2. The van der Waals surface area contributed by atoms with Crippen LogP contribution in [0.2, 0.25) is 10.0 Å². The number of rotatable bonds is 2. The van der Waals surface area contributed by atoms with E-state index in [1.54, 1.807) is 0 Å². The van der Waals surface area contributed by atoms with E-state index in [0.717, 1.165) is 22.9 Å². The molecule has 0 nitrogen and oxygen atoms in total. The molecular weight excluding hydrogens is 846 g/mol. The summed E-state index contributed by atoms with van der Waals surface area (Å²) in [6.45, 7) is 22.8. The van der Waals surface area contributed by atoms with Crippen LogP contribution in [-0.2, 0) is 39.5 Å². The average molecular weight is 902 g/mol. The third-order valence-corrected chi connectivity index (χ3v) is 14.1. The molecule has 4 aromatic rings. The molecule has 4 aromatic carbocycles. The SMILES string of the molecule is CC1=C[CH-]C(C)(C)c2cc3c(cc21)-c1cc2c(cc1C3)C(C)(C)CC=C2C.CC1[C-]=CC(C(C)(C)C)=C1.Cl.Cl.Clc1ccc([CH]=[Zr]=[CH]c2ccc(Cl)cc2)cc1. The van der Waals surface area contributed by atoms with E-state index in [9.17, 15) is 0 Å². The summed E-state index contributed by atoms with van der Waals surface area (Å²) in [4.78, 5) is 0. The Kier molecular flexibility index (Phi) is 15.3. The van der Waals surface area contributed by atoms with E-state index in [-0.39, 0.29) is 35.6 Å². The summed E-state index contributed by atoms with van der Waals surface area (Å²) in [6.07, 6.45) is 16.9. The van der Waals surface area contributed by atoms with E-state index >= 15 is 0 Å². The Morgan fingerprint density at radius 1 is 0.732 bits per heavy atom. The van der Waals surface area contributed by atoms with Crippen LogP contribution in [0.25, 0.3) is 22.3 Å². The van der Waals surface area contributed by atoms with E-state index in [0.29, 0.717) is 11.3 Å². The number of benzene rings is 4. The van der Waals surface area contributed by atoms with E-state index in [1.165, 1.54) is 72.4 Å². The molecular formula is C51H56Cl4Zr-2. The molecule has 1 unspecified atom stereocenters. The van der Waals surface area contributed by atoms with Gasteiger partial charge in [0.1, 0.15) is 0 Å². The maximum absolute atomic E-state index is 5.84. The molecule has 8 rings (SSSR count). The molecule has 0 aromatic heterocycles. The molecule has 0 saturated heterocycles. The van der Waals surface area contributed by atoms with Crippen molar-refractivity contribution in [2.24, 2.45) is 11.3 Å². The van der Waals surface area contributed by atoms with E-state index in [4.69, 9.17) is 23.2 Å². The van der Waals surface area contributed by atoms with Gasteiger partial charge in [0.15, 0.2) is 0 Å². The van der Waals surface area contributed by atoms with Crippen LogP contribution in [0.4, 0.5) is 0 Å². The van der Waals surface area contributed by atoms with Crippen LogP contribution in [0.15, 0.2) is 103 Å². The van der Waals surface area contributed by atoms with E-state index in [2.05, 4.69) is 162 Å². The molecule has 4 aliphatic rings. The van der Waals surface area contributed by atoms with Gasteiger partial charge in [-0.2, -0.15) is 17.2 Å². The van der Waals surface area contributed by atoms with E-state index in [1.807, 2.05) is 24.3 Å². The summed E-state index contributed by atoms with van der Waals surface area (Å²) in [5.41, 5.74) is 19.2. The number of fused-ring (bicyclic) bond motifs is 5. The van der Waals surface area contributed by atoms with Crippen molar-refractivity contribution in [2.75, 3.05) is 0 Å². The zero-order chi connectivity index (χ0) is 39.0. The predicted octanol–water partition coefficient (Wildman–Crippen LogP) is 15.1. The fraction of sp³-hybridized carbons (Fsp3) is 0.314. The Morgan fingerprint density at radius 3 is 1.70 bits per heavy atom. The summed E-state index contributed by atoms with van der Waals surface area (Å²) in [6, 6.07) is 25.9. The quantitative estimate of drug-likeness (QED) is 0.155. The molecule has 0 N–H and O–H groups in total. The molecule has 0 amide bonds. The topological polar surface area (TPSA) is 0 Å². The van der Waals surface area contributed by atoms with Crippen LogP contribution in [0.3, 0.4) is 0 Å². The third-order valence-electron chi connectivity index (χ3n) is 11.1. The van der Waals surface area contributed by atoms with Crippen molar-refractivity contribution in [3.05, 3.63) is 170 Å². The van der Waals surface area contributed by atoms with Gasteiger partial charge in [-0.3, -0.25) is 6.08 Å². The Hall–Kier alpha value is -2.51. The van der Waals surface area contributed by atoms with Gasteiger partial charge in [-0.25, -0.2) is 18.6 Å². The minimum absolute atomic E-state index is 0. The van der Waals surface area contributed by atoms with Crippen LogP contribution >= 0.6 is 48.0 Å². The molecule has 0 fully saturated rings. The molecule has 4 aliphatic carbocycles. The molecule has 0 spiro atoms. The van der Waals surface area contributed by atoms with Crippen molar-refractivity contribution in [3.63, 3.8) is 0 Å². The predicted molar refractivity (Wildman–Crippen MR) is 249 cm³/mol. The Morgan fingerprint density at radius 2 is 1.23 bits per heavy atom. The molecule has 1 atom stereocenters. The number of hydrogen-bond donors (Lipinski definition) is 0. The summed E-state index contributed by atoms with van der Waals surface area (Å²) in [7, 11) is 0. The van der Waals surface area contributed by atoms with Crippen LogP contribution in [0.5, 0.6) is 0 Å². The normalized spacial score (nSPS) is 17.3. The van der Waals surface area contributed by atoms with Gasteiger partial charge >= 0.3 is 123 Å². The van der Waals surface area contributed by atoms with Crippen LogP contribution in [0, 0.1) is 23.8 Å². The Bertz CT molecular complexity index is 2110. The molecule has 294 valence electrons. The Balaban J connectivity index is 0.000000206. The minimum atomic E-state index is -0.623. The summed E-state index contributed by atoms with van der Waals surface area (Å²) in [5.74, 6) is 0.522. The first-order chi connectivity index (χ1) is 25.4. The van der Waals surface area contributed by atoms with Gasteiger partial charge in [-0.15, -0.1) is 37.3 Å². The van der Waals surface area contributed by atoms with Crippen LogP contribution < -0.4 is 0 Å². The molecule has 0 radical (unpaired) electrons. The average Bonchev–Trinajstić information content (AvgIpc) is 3.73. The Labute approximate surface area is 370 Å². The summed E-state index contributed by atoms with van der Waals surface area (Å²) >= 11 is 11.0. The number of hydrogen-bond acceptors (Lipinski definition) is 0. The van der Waals surface area contributed by atoms with Crippen molar-refractivity contribution >= 4 is 66.6 Å². The first-order valence-corrected chi connectivity index (χ1v) is 22.8. The van der Waals surface area contributed by atoms with Crippen LogP contribution in [-0.4, -0.2) is 7.42 Å². The molecule has 5 heteroatoms. The van der Waals surface area contributed by atoms with Gasteiger partial charge in [0.05, 0.1) is 0 Å². The number of halogens is 4. The summed E-state index contributed by atoms with van der Waals surface area (Å²) in [5, 5.41) is 1.57. The second-order valence-corrected chi connectivity index (χ2v) is 20.6. The van der Waals surface area contributed by atoms with Crippen molar-refractivity contribution in [1.29, 1.82) is 0 Å². The van der Waals surface area contributed by atoms with Gasteiger partial charge in [0, 0.05) is 0 Å². The van der Waals surface area contributed by atoms with Gasteiger partial charge in [0.2, 0.25) is 0 Å².